The standard InChI is InChI=1S/C12H15N2O/c13-11(15)12(5-1-2-6-12)8-10-4-3-7-14-9-10/h3-4,7-9H,1-2,5-6H2,(H2,13,15). The van der Waals surface area contributed by atoms with Crippen molar-refractivity contribution < 1.29 is 4.79 Å². The van der Waals surface area contributed by atoms with Crippen LogP contribution in [0.1, 0.15) is 31.2 Å². The second kappa shape index (κ2) is 4.01. The molecule has 0 bridgehead atoms. The van der Waals surface area contributed by atoms with Gasteiger partial charge in [-0.2, -0.15) is 0 Å². The maximum absolute atomic E-state index is 11.5. The maximum Gasteiger partial charge on any atom is 0.224 e. The van der Waals surface area contributed by atoms with E-state index >= 15 is 0 Å². The summed E-state index contributed by atoms with van der Waals surface area (Å²) >= 11 is 0. The molecule has 0 spiro atoms. The Morgan fingerprint density at radius 1 is 1.47 bits per heavy atom. The maximum atomic E-state index is 11.5. The van der Waals surface area contributed by atoms with Gasteiger partial charge >= 0.3 is 0 Å². The van der Waals surface area contributed by atoms with Crippen molar-refractivity contribution in [3.63, 3.8) is 0 Å². The highest BCUT2D eigenvalue weighted by atomic mass is 16.1. The molecule has 0 aliphatic heterocycles. The fourth-order valence-corrected chi connectivity index (χ4v) is 2.25. The Labute approximate surface area is 89.7 Å². The molecule has 2 rings (SSSR count). The topological polar surface area (TPSA) is 56.0 Å². The molecule has 2 N–H and O–H groups in total. The van der Waals surface area contributed by atoms with Crippen molar-refractivity contribution in [2.75, 3.05) is 0 Å². The van der Waals surface area contributed by atoms with E-state index in [1.165, 1.54) is 0 Å². The molecule has 0 atom stereocenters. The number of carbonyl (C=O) groups is 1. The van der Waals surface area contributed by atoms with Crippen molar-refractivity contribution >= 4 is 5.91 Å². The molecule has 15 heavy (non-hydrogen) atoms. The molecule has 1 radical (unpaired) electrons. The summed E-state index contributed by atoms with van der Waals surface area (Å²) < 4.78 is 0. The van der Waals surface area contributed by atoms with Crippen molar-refractivity contribution in [2.24, 2.45) is 11.1 Å². The van der Waals surface area contributed by atoms with Crippen LogP contribution in [0.15, 0.2) is 24.5 Å². The van der Waals surface area contributed by atoms with E-state index in [1.807, 2.05) is 18.6 Å². The minimum atomic E-state index is -0.428. The minimum absolute atomic E-state index is 0.205. The molecule has 1 saturated carbocycles. The lowest BCUT2D eigenvalue weighted by Crippen LogP contribution is -2.35. The zero-order chi connectivity index (χ0) is 10.7. The SMILES string of the molecule is NC(=O)C1([CH]c2cccnc2)CCCC1. The van der Waals surface area contributed by atoms with Crippen LogP contribution in [0, 0.1) is 11.8 Å². The first-order valence-corrected chi connectivity index (χ1v) is 5.29. The van der Waals surface area contributed by atoms with Gasteiger partial charge in [0, 0.05) is 18.8 Å². The van der Waals surface area contributed by atoms with E-state index in [4.69, 9.17) is 5.73 Å². The van der Waals surface area contributed by atoms with Gasteiger partial charge in [-0.1, -0.05) is 18.9 Å². The molecule has 1 aromatic heterocycles. The highest BCUT2D eigenvalue weighted by Gasteiger charge is 2.39. The fourth-order valence-electron chi connectivity index (χ4n) is 2.25. The van der Waals surface area contributed by atoms with Crippen LogP contribution in [0.4, 0.5) is 0 Å². The zero-order valence-corrected chi connectivity index (χ0v) is 8.65. The van der Waals surface area contributed by atoms with Crippen molar-refractivity contribution in [1.82, 2.24) is 4.98 Å². The Morgan fingerprint density at radius 3 is 2.73 bits per heavy atom. The summed E-state index contributed by atoms with van der Waals surface area (Å²) in [6.07, 6.45) is 9.38. The van der Waals surface area contributed by atoms with Crippen LogP contribution < -0.4 is 5.73 Å². The minimum Gasteiger partial charge on any atom is -0.369 e. The molecule has 3 heteroatoms. The predicted octanol–water partition coefficient (Wildman–Crippen LogP) is 1.68. The molecule has 79 valence electrons. The second-order valence-electron chi connectivity index (χ2n) is 4.16. The van der Waals surface area contributed by atoms with Crippen molar-refractivity contribution in [3.8, 4) is 0 Å². The summed E-state index contributed by atoms with van der Waals surface area (Å²) in [4.78, 5) is 15.5. The first-order chi connectivity index (χ1) is 7.23. The van der Waals surface area contributed by atoms with Crippen molar-refractivity contribution in [3.05, 3.63) is 36.5 Å². The van der Waals surface area contributed by atoms with E-state index < -0.39 is 5.41 Å². The zero-order valence-electron chi connectivity index (χ0n) is 8.65. The van der Waals surface area contributed by atoms with Gasteiger partial charge in [-0.15, -0.1) is 0 Å². The molecule has 1 fully saturated rings. The van der Waals surface area contributed by atoms with Crippen LogP contribution in [0.2, 0.25) is 0 Å². The van der Waals surface area contributed by atoms with E-state index in [-0.39, 0.29) is 5.91 Å². The Kier molecular flexibility index (Phi) is 2.71. The van der Waals surface area contributed by atoms with Gasteiger partial charge in [0.1, 0.15) is 0 Å². The average Bonchev–Trinajstić information content (AvgIpc) is 2.69. The summed E-state index contributed by atoms with van der Waals surface area (Å²) in [5.74, 6) is -0.205. The molecule has 1 aromatic rings. The number of pyridine rings is 1. The molecule has 0 saturated heterocycles. The van der Waals surface area contributed by atoms with Crippen molar-refractivity contribution in [2.45, 2.75) is 25.7 Å². The number of nitrogens with zero attached hydrogens (tertiary/aromatic N) is 1. The first kappa shape index (κ1) is 10.1. The lowest BCUT2D eigenvalue weighted by Gasteiger charge is -2.24. The van der Waals surface area contributed by atoms with Gasteiger partial charge in [0.05, 0.1) is 5.41 Å². The monoisotopic (exact) mass is 203 g/mol. The molecule has 0 unspecified atom stereocenters. The van der Waals surface area contributed by atoms with Crippen LogP contribution in [-0.4, -0.2) is 10.9 Å². The number of hydrogen-bond donors (Lipinski definition) is 1. The molecular weight excluding hydrogens is 188 g/mol. The lowest BCUT2D eigenvalue weighted by atomic mass is 9.80. The Hall–Kier alpha value is -1.38. The van der Waals surface area contributed by atoms with E-state index in [2.05, 4.69) is 4.98 Å². The predicted molar refractivity (Wildman–Crippen MR) is 57.7 cm³/mol. The number of rotatable bonds is 3. The third-order valence-corrected chi connectivity index (χ3v) is 3.11. The number of nitrogens with two attached hydrogens (primary N) is 1. The Balaban J connectivity index is 2.18. The van der Waals surface area contributed by atoms with Gasteiger partial charge < -0.3 is 5.73 Å². The largest absolute Gasteiger partial charge is 0.369 e. The van der Waals surface area contributed by atoms with Crippen LogP contribution in [-0.2, 0) is 4.79 Å². The highest BCUT2D eigenvalue weighted by Crippen LogP contribution is 2.41. The molecular formula is C12H15N2O. The number of carbonyl (C=O) groups excluding carboxylic acids is 1. The van der Waals surface area contributed by atoms with Gasteiger partial charge in [-0.05, 0) is 24.5 Å². The molecule has 1 heterocycles. The van der Waals surface area contributed by atoms with Crippen molar-refractivity contribution in [1.29, 1.82) is 0 Å². The quantitative estimate of drug-likeness (QED) is 0.812. The molecule has 0 aromatic carbocycles. The fraction of sp³-hybridized carbons (Fsp3) is 0.417. The van der Waals surface area contributed by atoms with Crippen LogP contribution in [0.25, 0.3) is 0 Å². The molecule has 1 aliphatic rings. The lowest BCUT2D eigenvalue weighted by molar-refractivity contribution is -0.125. The second-order valence-corrected chi connectivity index (χ2v) is 4.16. The number of amides is 1. The van der Waals surface area contributed by atoms with Crippen LogP contribution >= 0.6 is 0 Å². The summed E-state index contributed by atoms with van der Waals surface area (Å²) in [7, 11) is 0. The third kappa shape index (κ3) is 2.01. The van der Waals surface area contributed by atoms with E-state index in [9.17, 15) is 4.79 Å². The van der Waals surface area contributed by atoms with Gasteiger partial charge in [0.25, 0.3) is 0 Å². The van der Waals surface area contributed by atoms with E-state index in [1.54, 1.807) is 12.4 Å². The Bertz CT molecular complexity index is 342. The first-order valence-electron chi connectivity index (χ1n) is 5.29. The Morgan fingerprint density at radius 2 is 2.20 bits per heavy atom. The van der Waals surface area contributed by atoms with Crippen LogP contribution in [0.5, 0.6) is 0 Å². The van der Waals surface area contributed by atoms with Gasteiger partial charge in [0.2, 0.25) is 5.91 Å². The number of primary amides is 1. The number of hydrogen-bond acceptors (Lipinski definition) is 2. The average molecular weight is 203 g/mol. The van der Waals surface area contributed by atoms with E-state index in [0.29, 0.717) is 0 Å². The molecule has 1 amide bonds. The smallest absolute Gasteiger partial charge is 0.224 e. The summed E-state index contributed by atoms with van der Waals surface area (Å²) in [5, 5.41) is 0. The highest BCUT2D eigenvalue weighted by molar-refractivity contribution is 5.83. The third-order valence-electron chi connectivity index (χ3n) is 3.11. The summed E-state index contributed by atoms with van der Waals surface area (Å²) in [6.45, 7) is 0. The van der Waals surface area contributed by atoms with Gasteiger partial charge in [-0.3, -0.25) is 9.78 Å². The van der Waals surface area contributed by atoms with Crippen LogP contribution in [0.3, 0.4) is 0 Å². The normalized spacial score (nSPS) is 18.9. The van der Waals surface area contributed by atoms with Gasteiger partial charge in [0.15, 0.2) is 0 Å². The summed E-state index contributed by atoms with van der Waals surface area (Å²) in [6, 6.07) is 3.82. The van der Waals surface area contributed by atoms with Gasteiger partial charge in [-0.25, -0.2) is 0 Å². The number of aromatic nitrogens is 1. The molecule has 3 nitrogen and oxygen atoms in total. The van der Waals surface area contributed by atoms with E-state index in [0.717, 1.165) is 31.2 Å². The molecule has 1 aliphatic carbocycles. The summed E-state index contributed by atoms with van der Waals surface area (Å²) in [5.41, 5.74) is 6.05.